The van der Waals surface area contributed by atoms with Gasteiger partial charge < -0.3 is 5.73 Å². The third kappa shape index (κ3) is 3.31. The van der Waals surface area contributed by atoms with E-state index in [-0.39, 0.29) is 18.4 Å². The summed E-state index contributed by atoms with van der Waals surface area (Å²) in [7, 11) is 1.95. The van der Waals surface area contributed by atoms with Crippen molar-refractivity contribution in [3.63, 3.8) is 0 Å². The summed E-state index contributed by atoms with van der Waals surface area (Å²) in [5.41, 5.74) is 11.3. The number of halogens is 1. The topological polar surface area (TPSA) is 69.6 Å². The number of para-hydroxylation sites is 1. The van der Waals surface area contributed by atoms with E-state index in [0.29, 0.717) is 6.42 Å². The lowest BCUT2D eigenvalue weighted by Crippen LogP contribution is -2.16. The van der Waals surface area contributed by atoms with E-state index in [0.717, 1.165) is 33.5 Å². The third-order valence-corrected chi connectivity index (χ3v) is 4.36. The molecule has 3 heterocycles. The molecule has 0 radical (unpaired) electrons. The third-order valence-electron chi connectivity index (χ3n) is 4.36. The quantitative estimate of drug-likeness (QED) is 0.598. The van der Waals surface area contributed by atoms with Gasteiger partial charge in [-0.3, -0.25) is 14.6 Å². The predicted molar refractivity (Wildman–Crippen MR) is 106 cm³/mol. The Hall–Kier alpha value is -2.76. The summed E-state index contributed by atoms with van der Waals surface area (Å²) in [5.74, 6) is 0. The fourth-order valence-corrected chi connectivity index (χ4v) is 3.17. The second-order valence-corrected chi connectivity index (χ2v) is 6.06. The SMILES string of the molecule is Cl.Cn1nc(-c2cccnc2[C@@H](N)Cc2ccccn2)c2ccccc21. The van der Waals surface area contributed by atoms with Gasteiger partial charge in [0, 0.05) is 42.5 Å². The van der Waals surface area contributed by atoms with Crippen molar-refractivity contribution < 1.29 is 0 Å². The summed E-state index contributed by atoms with van der Waals surface area (Å²) in [5, 5.41) is 5.82. The molecule has 2 N–H and O–H groups in total. The van der Waals surface area contributed by atoms with Crippen LogP contribution in [0.3, 0.4) is 0 Å². The van der Waals surface area contributed by atoms with E-state index in [9.17, 15) is 0 Å². The lowest BCUT2D eigenvalue weighted by atomic mass is 9.99. The average Bonchev–Trinajstić information content (AvgIpc) is 3.00. The van der Waals surface area contributed by atoms with Crippen molar-refractivity contribution >= 4 is 23.3 Å². The van der Waals surface area contributed by atoms with Gasteiger partial charge in [0.25, 0.3) is 0 Å². The Kier molecular flexibility index (Phi) is 5.30. The first kappa shape index (κ1) is 18.0. The minimum absolute atomic E-state index is 0. The highest BCUT2D eigenvalue weighted by Gasteiger charge is 2.19. The van der Waals surface area contributed by atoms with Crippen LogP contribution in [0.15, 0.2) is 67.0 Å². The van der Waals surface area contributed by atoms with Gasteiger partial charge >= 0.3 is 0 Å². The second kappa shape index (κ2) is 7.64. The van der Waals surface area contributed by atoms with Gasteiger partial charge in [-0.25, -0.2) is 0 Å². The van der Waals surface area contributed by atoms with Crippen LogP contribution in [0.4, 0.5) is 0 Å². The normalized spacial score (nSPS) is 11.9. The summed E-state index contributed by atoms with van der Waals surface area (Å²) in [6.07, 6.45) is 4.20. The molecule has 1 atom stereocenters. The maximum atomic E-state index is 6.48. The number of fused-ring (bicyclic) bond motifs is 1. The minimum atomic E-state index is -0.244. The van der Waals surface area contributed by atoms with Gasteiger partial charge in [0.15, 0.2) is 0 Å². The van der Waals surface area contributed by atoms with Gasteiger partial charge in [-0.05, 0) is 30.3 Å². The van der Waals surface area contributed by atoms with E-state index in [4.69, 9.17) is 10.8 Å². The zero-order valence-corrected chi connectivity index (χ0v) is 15.2. The van der Waals surface area contributed by atoms with Gasteiger partial charge in [0.2, 0.25) is 0 Å². The molecule has 132 valence electrons. The summed E-state index contributed by atoms with van der Waals surface area (Å²) < 4.78 is 1.89. The highest BCUT2D eigenvalue weighted by Crippen LogP contribution is 2.31. The Balaban J connectivity index is 0.00000196. The number of aryl methyl sites for hydroxylation is 1. The highest BCUT2D eigenvalue weighted by molar-refractivity contribution is 5.93. The summed E-state index contributed by atoms with van der Waals surface area (Å²) in [6.45, 7) is 0. The van der Waals surface area contributed by atoms with Gasteiger partial charge in [-0.2, -0.15) is 5.10 Å². The first-order valence-corrected chi connectivity index (χ1v) is 8.26. The first-order chi connectivity index (χ1) is 12.2. The molecule has 6 heteroatoms. The Bertz CT molecular complexity index is 1010. The maximum absolute atomic E-state index is 6.48. The molecule has 5 nitrogen and oxygen atoms in total. The summed E-state index contributed by atoms with van der Waals surface area (Å²) in [4.78, 5) is 8.94. The Morgan fingerprint density at radius 1 is 0.962 bits per heavy atom. The molecule has 0 unspecified atom stereocenters. The Morgan fingerprint density at radius 2 is 1.73 bits per heavy atom. The van der Waals surface area contributed by atoms with E-state index in [1.807, 2.05) is 54.2 Å². The van der Waals surface area contributed by atoms with Crippen LogP contribution in [0.2, 0.25) is 0 Å². The van der Waals surface area contributed by atoms with Crippen LogP contribution in [0.1, 0.15) is 17.4 Å². The first-order valence-electron chi connectivity index (χ1n) is 8.26. The molecule has 0 fully saturated rings. The van der Waals surface area contributed by atoms with E-state index in [2.05, 4.69) is 22.1 Å². The Labute approximate surface area is 158 Å². The molecular formula is C20H20ClN5. The Morgan fingerprint density at radius 3 is 2.54 bits per heavy atom. The molecule has 0 saturated heterocycles. The fraction of sp³-hybridized carbons (Fsp3) is 0.150. The number of hydrogen-bond acceptors (Lipinski definition) is 4. The molecule has 0 aliphatic heterocycles. The van der Waals surface area contributed by atoms with E-state index in [1.165, 1.54) is 0 Å². The zero-order valence-electron chi connectivity index (χ0n) is 14.4. The van der Waals surface area contributed by atoms with E-state index in [1.54, 1.807) is 12.4 Å². The number of aromatic nitrogens is 4. The molecule has 0 bridgehead atoms. The average molecular weight is 366 g/mol. The van der Waals surface area contributed by atoms with Crippen LogP contribution in [-0.4, -0.2) is 19.7 Å². The standard InChI is InChI=1S/C20H19N5.ClH/c1-25-18-10-3-2-8-15(18)19(24-25)16-9-6-12-23-20(16)17(21)13-14-7-4-5-11-22-14;/h2-12,17H,13,21H2,1H3;1H/t17-;/m0./s1. The minimum Gasteiger partial charge on any atom is -0.322 e. The van der Waals surface area contributed by atoms with Crippen molar-refractivity contribution in [3.05, 3.63) is 78.4 Å². The largest absolute Gasteiger partial charge is 0.322 e. The van der Waals surface area contributed by atoms with E-state index >= 15 is 0 Å². The van der Waals surface area contributed by atoms with Crippen molar-refractivity contribution in [2.24, 2.45) is 12.8 Å². The molecule has 0 amide bonds. The van der Waals surface area contributed by atoms with Gasteiger partial charge in [0.1, 0.15) is 5.69 Å². The maximum Gasteiger partial charge on any atom is 0.102 e. The number of nitrogens with zero attached hydrogens (tertiary/aromatic N) is 4. The molecule has 1 aromatic carbocycles. The van der Waals surface area contributed by atoms with Crippen molar-refractivity contribution in [2.45, 2.75) is 12.5 Å². The monoisotopic (exact) mass is 365 g/mol. The van der Waals surface area contributed by atoms with Gasteiger partial charge in [0.05, 0.1) is 17.3 Å². The number of pyridine rings is 2. The molecule has 4 rings (SSSR count). The summed E-state index contributed by atoms with van der Waals surface area (Å²) >= 11 is 0. The van der Waals surface area contributed by atoms with Crippen molar-refractivity contribution in [1.29, 1.82) is 0 Å². The van der Waals surface area contributed by atoms with Crippen molar-refractivity contribution in [3.8, 4) is 11.3 Å². The smallest absolute Gasteiger partial charge is 0.102 e. The molecule has 3 aromatic heterocycles. The number of benzene rings is 1. The predicted octanol–water partition coefficient (Wildman–Crippen LogP) is 3.69. The lowest BCUT2D eigenvalue weighted by Gasteiger charge is -2.14. The molecule has 0 saturated carbocycles. The highest BCUT2D eigenvalue weighted by atomic mass is 35.5. The molecule has 0 aliphatic carbocycles. The van der Waals surface area contributed by atoms with Crippen molar-refractivity contribution in [2.75, 3.05) is 0 Å². The second-order valence-electron chi connectivity index (χ2n) is 6.06. The molecule has 4 aromatic rings. The molecular weight excluding hydrogens is 346 g/mol. The van der Waals surface area contributed by atoms with Gasteiger partial charge in [-0.1, -0.05) is 24.3 Å². The molecule has 0 spiro atoms. The van der Waals surface area contributed by atoms with Crippen LogP contribution >= 0.6 is 12.4 Å². The summed E-state index contributed by atoms with van der Waals surface area (Å²) in [6, 6.07) is 17.8. The molecule has 26 heavy (non-hydrogen) atoms. The number of hydrogen-bond donors (Lipinski definition) is 1. The van der Waals surface area contributed by atoms with Crippen LogP contribution in [0.25, 0.3) is 22.2 Å². The zero-order chi connectivity index (χ0) is 17.2. The van der Waals surface area contributed by atoms with E-state index < -0.39 is 0 Å². The van der Waals surface area contributed by atoms with Crippen molar-refractivity contribution in [1.82, 2.24) is 19.7 Å². The van der Waals surface area contributed by atoms with Crippen LogP contribution in [-0.2, 0) is 13.5 Å². The van der Waals surface area contributed by atoms with Crippen LogP contribution < -0.4 is 5.73 Å². The van der Waals surface area contributed by atoms with Gasteiger partial charge in [-0.15, -0.1) is 12.4 Å². The fourth-order valence-electron chi connectivity index (χ4n) is 3.17. The van der Waals surface area contributed by atoms with Crippen LogP contribution in [0, 0.1) is 0 Å². The molecule has 0 aliphatic rings. The number of rotatable bonds is 4. The van der Waals surface area contributed by atoms with Crippen LogP contribution in [0.5, 0.6) is 0 Å². The number of nitrogens with two attached hydrogens (primary N) is 1. The lowest BCUT2D eigenvalue weighted by molar-refractivity contribution is 0.684.